The Morgan fingerprint density at radius 2 is 1.61 bits per heavy atom. The summed E-state index contributed by atoms with van der Waals surface area (Å²) in [5, 5.41) is 0. The van der Waals surface area contributed by atoms with E-state index >= 15 is 0 Å². The van der Waals surface area contributed by atoms with E-state index in [0.717, 1.165) is 22.1 Å². The Kier molecular flexibility index (Phi) is 4.79. The lowest BCUT2D eigenvalue weighted by Crippen LogP contribution is -2.02. The van der Waals surface area contributed by atoms with Gasteiger partial charge in [0.05, 0.1) is 13.2 Å². The molecule has 2 nitrogen and oxygen atoms in total. The van der Waals surface area contributed by atoms with Crippen molar-refractivity contribution in [3.8, 4) is 0 Å². The Morgan fingerprint density at radius 1 is 0.944 bits per heavy atom. The number of rotatable bonds is 5. The molecule has 0 amide bonds. The monoisotopic (exact) mass is 305 g/mol. The van der Waals surface area contributed by atoms with Crippen LogP contribution in [0.15, 0.2) is 53.0 Å². The third kappa shape index (κ3) is 3.59. The predicted molar refractivity (Wildman–Crippen MR) is 78.4 cm³/mol. The Labute approximate surface area is 116 Å². The fourth-order valence-electron chi connectivity index (χ4n) is 1.74. The lowest BCUT2D eigenvalue weighted by molar-refractivity contribution is 0.123. The molecule has 0 radical (unpaired) electrons. The van der Waals surface area contributed by atoms with E-state index in [4.69, 9.17) is 10.5 Å². The molecule has 0 aliphatic rings. The van der Waals surface area contributed by atoms with Crippen LogP contribution in [0.25, 0.3) is 0 Å². The second-order valence-electron chi connectivity index (χ2n) is 4.09. The number of para-hydroxylation sites is 1. The Morgan fingerprint density at radius 3 is 2.33 bits per heavy atom. The maximum Gasteiger partial charge on any atom is 0.0727 e. The van der Waals surface area contributed by atoms with Gasteiger partial charge >= 0.3 is 0 Å². The van der Waals surface area contributed by atoms with Gasteiger partial charge in [-0.1, -0.05) is 52.3 Å². The third-order valence-electron chi connectivity index (χ3n) is 2.79. The minimum Gasteiger partial charge on any atom is -0.399 e. The molecule has 0 spiro atoms. The van der Waals surface area contributed by atoms with Crippen molar-refractivity contribution in [2.75, 3.05) is 12.3 Å². The number of hydrogen-bond acceptors (Lipinski definition) is 2. The summed E-state index contributed by atoms with van der Waals surface area (Å²) in [5.74, 6) is 0. The lowest BCUT2D eigenvalue weighted by Gasteiger charge is -2.07. The number of anilines is 1. The zero-order valence-electron chi connectivity index (χ0n) is 10.1. The molecular formula is C15H16BrNO. The van der Waals surface area contributed by atoms with Crippen molar-refractivity contribution < 1.29 is 4.74 Å². The molecule has 0 bridgehead atoms. The molecule has 2 rings (SSSR count). The highest BCUT2D eigenvalue weighted by Crippen LogP contribution is 2.17. The summed E-state index contributed by atoms with van der Waals surface area (Å²) in [4.78, 5) is 0. The van der Waals surface area contributed by atoms with Gasteiger partial charge in [0.2, 0.25) is 0 Å². The summed E-state index contributed by atoms with van der Waals surface area (Å²) in [5.41, 5.74) is 9.02. The van der Waals surface area contributed by atoms with Gasteiger partial charge in [0, 0.05) is 10.2 Å². The molecule has 0 heterocycles. The molecule has 3 heteroatoms. The molecule has 94 valence electrons. The number of hydrogen-bond donors (Lipinski definition) is 1. The number of ether oxygens (including phenoxy) is 1. The Balaban J connectivity index is 1.80. The van der Waals surface area contributed by atoms with Gasteiger partial charge in [-0.3, -0.25) is 0 Å². The molecule has 0 unspecified atom stereocenters. The van der Waals surface area contributed by atoms with E-state index in [2.05, 4.69) is 22.0 Å². The summed E-state index contributed by atoms with van der Waals surface area (Å²) >= 11 is 3.50. The molecule has 0 aromatic heterocycles. The van der Waals surface area contributed by atoms with Crippen molar-refractivity contribution >= 4 is 21.6 Å². The van der Waals surface area contributed by atoms with Crippen LogP contribution < -0.4 is 5.73 Å². The van der Waals surface area contributed by atoms with Gasteiger partial charge in [-0.25, -0.2) is 0 Å². The van der Waals surface area contributed by atoms with E-state index in [9.17, 15) is 0 Å². The summed E-state index contributed by atoms with van der Waals surface area (Å²) in [6, 6.07) is 16.0. The van der Waals surface area contributed by atoms with Crippen molar-refractivity contribution in [2.45, 2.75) is 13.0 Å². The normalized spacial score (nSPS) is 10.5. The second kappa shape index (κ2) is 6.57. The van der Waals surface area contributed by atoms with Crippen molar-refractivity contribution in [2.24, 2.45) is 0 Å². The number of benzene rings is 2. The first kappa shape index (κ1) is 13.1. The van der Waals surface area contributed by atoms with Crippen LogP contribution in [0.1, 0.15) is 11.1 Å². The Bertz CT molecular complexity index is 466. The van der Waals surface area contributed by atoms with Crippen LogP contribution in [0.2, 0.25) is 0 Å². The van der Waals surface area contributed by atoms with Crippen LogP contribution in [0.5, 0.6) is 0 Å². The van der Waals surface area contributed by atoms with Gasteiger partial charge < -0.3 is 10.5 Å². The van der Waals surface area contributed by atoms with E-state index in [1.54, 1.807) is 0 Å². The van der Waals surface area contributed by atoms with E-state index in [1.165, 1.54) is 5.56 Å². The van der Waals surface area contributed by atoms with Crippen molar-refractivity contribution in [1.29, 1.82) is 0 Å². The van der Waals surface area contributed by atoms with Gasteiger partial charge in [0.1, 0.15) is 0 Å². The molecule has 0 saturated heterocycles. The topological polar surface area (TPSA) is 35.2 Å². The van der Waals surface area contributed by atoms with Gasteiger partial charge in [-0.15, -0.1) is 0 Å². The fraction of sp³-hybridized carbons (Fsp3) is 0.200. The van der Waals surface area contributed by atoms with Crippen LogP contribution in [-0.2, 0) is 17.8 Å². The summed E-state index contributed by atoms with van der Waals surface area (Å²) in [6.45, 7) is 1.30. The first-order valence-electron chi connectivity index (χ1n) is 5.92. The zero-order chi connectivity index (χ0) is 12.8. The van der Waals surface area contributed by atoms with Crippen LogP contribution in [-0.4, -0.2) is 6.61 Å². The van der Waals surface area contributed by atoms with Gasteiger partial charge in [-0.2, -0.15) is 0 Å². The number of halogens is 1. The van der Waals surface area contributed by atoms with Crippen LogP contribution in [0, 0.1) is 0 Å². The standard InChI is InChI=1S/C15H16BrNO/c16-14-7-3-1-6-13(14)11-18-10-9-12-5-2-4-8-15(12)17/h1-8H,9-11,17H2. The molecule has 2 N–H and O–H groups in total. The summed E-state index contributed by atoms with van der Waals surface area (Å²) < 4.78 is 6.76. The first-order valence-corrected chi connectivity index (χ1v) is 6.71. The van der Waals surface area contributed by atoms with Gasteiger partial charge in [0.15, 0.2) is 0 Å². The van der Waals surface area contributed by atoms with Gasteiger partial charge in [-0.05, 0) is 29.7 Å². The minimum atomic E-state index is 0.619. The van der Waals surface area contributed by atoms with Crippen LogP contribution in [0.3, 0.4) is 0 Å². The smallest absolute Gasteiger partial charge is 0.0727 e. The molecule has 0 fully saturated rings. The van der Waals surface area contributed by atoms with E-state index < -0.39 is 0 Å². The van der Waals surface area contributed by atoms with Gasteiger partial charge in [0.25, 0.3) is 0 Å². The SMILES string of the molecule is Nc1ccccc1CCOCc1ccccc1Br. The van der Waals surface area contributed by atoms with Crippen LogP contribution >= 0.6 is 15.9 Å². The van der Waals surface area contributed by atoms with Crippen molar-refractivity contribution in [3.05, 3.63) is 64.1 Å². The average molecular weight is 306 g/mol. The summed E-state index contributed by atoms with van der Waals surface area (Å²) in [7, 11) is 0. The zero-order valence-corrected chi connectivity index (χ0v) is 11.7. The maximum atomic E-state index is 5.87. The second-order valence-corrected chi connectivity index (χ2v) is 4.95. The molecule has 2 aromatic carbocycles. The summed E-state index contributed by atoms with van der Waals surface area (Å²) in [6.07, 6.45) is 0.844. The first-order chi connectivity index (χ1) is 8.77. The fourth-order valence-corrected chi connectivity index (χ4v) is 2.14. The third-order valence-corrected chi connectivity index (χ3v) is 3.56. The maximum absolute atomic E-state index is 5.87. The lowest BCUT2D eigenvalue weighted by atomic mass is 10.1. The molecule has 2 aromatic rings. The van der Waals surface area contributed by atoms with E-state index in [0.29, 0.717) is 13.2 Å². The highest BCUT2D eigenvalue weighted by atomic mass is 79.9. The molecule has 18 heavy (non-hydrogen) atoms. The number of nitrogens with two attached hydrogens (primary N) is 1. The van der Waals surface area contributed by atoms with Crippen molar-refractivity contribution in [1.82, 2.24) is 0 Å². The molecule has 0 saturated carbocycles. The molecule has 0 atom stereocenters. The highest BCUT2D eigenvalue weighted by molar-refractivity contribution is 9.10. The van der Waals surface area contributed by atoms with E-state index in [-0.39, 0.29) is 0 Å². The average Bonchev–Trinajstić information content (AvgIpc) is 2.38. The minimum absolute atomic E-state index is 0.619. The number of nitrogen functional groups attached to an aromatic ring is 1. The molecular weight excluding hydrogens is 290 g/mol. The van der Waals surface area contributed by atoms with Crippen LogP contribution in [0.4, 0.5) is 5.69 Å². The largest absolute Gasteiger partial charge is 0.399 e. The van der Waals surface area contributed by atoms with E-state index in [1.807, 2.05) is 42.5 Å². The molecule has 0 aliphatic heterocycles. The molecule has 0 aliphatic carbocycles. The predicted octanol–water partition coefficient (Wildman–Crippen LogP) is 3.79. The quantitative estimate of drug-likeness (QED) is 0.674. The Hall–Kier alpha value is -1.32. The van der Waals surface area contributed by atoms with Crippen molar-refractivity contribution in [3.63, 3.8) is 0 Å². The highest BCUT2D eigenvalue weighted by Gasteiger charge is 2.00.